The summed E-state index contributed by atoms with van der Waals surface area (Å²) in [5.74, 6) is 1.29. The molecule has 2 aliphatic heterocycles. The third kappa shape index (κ3) is 2.34. The number of fused-ring (bicyclic) bond motifs is 2. The van der Waals surface area contributed by atoms with Gasteiger partial charge in [0, 0.05) is 43.9 Å². The molecule has 3 unspecified atom stereocenters. The second-order valence-electron chi connectivity index (χ2n) is 7.17. The monoisotopic (exact) mass is 313 g/mol. The first-order valence-electron chi connectivity index (χ1n) is 8.49. The molecule has 2 fully saturated rings. The Morgan fingerprint density at radius 2 is 2.04 bits per heavy atom. The van der Waals surface area contributed by atoms with Crippen LogP contribution in [0.5, 0.6) is 0 Å². The molecule has 23 heavy (non-hydrogen) atoms. The number of aryl methyl sites for hydroxylation is 1. The van der Waals surface area contributed by atoms with Crippen LogP contribution >= 0.6 is 0 Å². The molecule has 2 N–H and O–H groups in total. The number of benzene rings is 1. The fourth-order valence-electron chi connectivity index (χ4n) is 4.45. The van der Waals surface area contributed by atoms with E-state index in [1.165, 1.54) is 0 Å². The molecular formula is C18H23N3O2. The van der Waals surface area contributed by atoms with Gasteiger partial charge in [0.1, 0.15) is 0 Å². The van der Waals surface area contributed by atoms with Crippen molar-refractivity contribution in [1.82, 2.24) is 4.90 Å². The summed E-state index contributed by atoms with van der Waals surface area (Å²) in [6.07, 6.45) is 3.48. The van der Waals surface area contributed by atoms with Crippen LogP contribution in [0, 0.1) is 11.8 Å². The number of carbonyl (C=O) groups is 2. The zero-order valence-electron chi connectivity index (χ0n) is 13.5. The number of nitrogens with zero attached hydrogens (tertiary/aromatic N) is 2. The molecule has 0 aromatic heterocycles. The highest BCUT2D eigenvalue weighted by atomic mass is 16.2. The van der Waals surface area contributed by atoms with E-state index in [1.807, 2.05) is 23.1 Å². The van der Waals surface area contributed by atoms with Crippen LogP contribution in [0.1, 0.15) is 35.2 Å². The molecule has 3 atom stereocenters. The van der Waals surface area contributed by atoms with Gasteiger partial charge in [-0.05, 0) is 54.9 Å². The minimum atomic E-state index is 0.106. The van der Waals surface area contributed by atoms with Crippen molar-refractivity contribution in [2.45, 2.75) is 31.7 Å². The van der Waals surface area contributed by atoms with Crippen LogP contribution in [0.25, 0.3) is 0 Å². The van der Waals surface area contributed by atoms with E-state index in [2.05, 4.69) is 0 Å². The lowest BCUT2D eigenvalue weighted by Gasteiger charge is -2.26. The normalized spacial score (nSPS) is 29.7. The van der Waals surface area contributed by atoms with Crippen LogP contribution in [0.2, 0.25) is 0 Å². The predicted octanol–water partition coefficient (Wildman–Crippen LogP) is 1.40. The van der Waals surface area contributed by atoms with E-state index < -0.39 is 0 Å². The number of hydrogen-bond acceptors (Lipinski definition) is 3. The van der Waals surface area contributed by atoms with Crippen molar-refractivity contribution in [3.63, 3.8) is 0 Å². The quantitative estimate of drug-likeness (QED) is 0.852. The standard InChI is InChI=1S/C18H23N3O2/c1-20-16-6-3-12(8-11(16)4-7-17(20)22)18(23)21-9-13-2-5-15(19)14(13)10-21/h3,6,8,13-15H,2,4-5,7,9-10,19H2,1H3. The maximum absolute atomic E-state index is 12.8. The highest BCUT2D eigenvalue weighted by molar-refractivity contribution is 5.99. The number of anilines is 1. The SMILES string of the molecule is CN1C(=O)CCc2cc(C(=O)N3CC4CCC(N)C4C3)ccc21. The molecule has 0 bridgehead atoms. The van der Waals surface area contributed by atoms with E-state index in [1.54, 1.807) is 11.9 Å². The molecule has 2 amide bonds. The molecule has 5 nitrogen and oxygen atoms in total. The lowest BCUT2D eigenvalue weighted by Crippen LogP contribution is -2.34. The first-order valence-corrected chi connectivity index (χ1v) is 8.49. The second-order valence-corrected chi connectivity index (χ2v) is 7.17. The van der Waals surface area contributed by atoms with Crippen molar-refractivity contribution in [3.8, 4) is 0 Å². The average molecular weight is 313 g/mol. The van der Waals surface area contributed by atoms with E-state index in [4.69, 9.17) is 5.73 Å². The Morgan fingerprint density at radius 3 is 2.83 bits per heavy atom. The Hall–Kier alpha value is -1.88. The van der Waals surface area contributed by atoms with E-state index in [0.717, 1.165) is 49.2 Å². The Morgan fingerprint density at radius 1 is 1.22 bits per heavy atom. The fourth-order valence-corrected chi connectivity index (χ4v) is 4.45. The number of hydrogen-bond donors (Lipinski definition) is 1. The molecule has 0 spiro atoms. The van der Waals surface area contributed by atoms with Gasteiger partial charge in [0.2, 0.25) is 5.91 Å². The number of likely N-dealkylation sites (tertiary alicyclic amines) is 1. The van der Waals surface area contributed by atoms with Gasteiger partial charge >= 0.3 is 0 Å². The first-order chi connectivity index (χ1) is 11.0. The Balaban J connectivity index is 1.55. The van der Waals surface area contributed by atoms with E-state index in [0.29, 0.717) is 18.3 Å². The van der Waals surface area contributed by atoms with Crippen LogP contribution < -0.4 is 10.6 Å². The summed E-state index contributed by atoms with van der Waals surface area (Å²) in [4.78, 5) is 28.2. The number of nitrogens with two attached hydrogens (primary N) is 1. The summed E-state index contributed by atoms with van der Waals surface area (Å²) in [7, 11) is 1.80. The minimum Gasteiger partial charge on any atom is -0.338 e. The van der Waals surface area contributed by atoms with Crippen LogP contribution in [0.15, 0.2) is 18.2 Å². The van der Waals surface area contributed by atoms with Gasteiger partial charge in [-0.1, -0.05) is 0 Å². The first kappa shape index (κ1) is 14.7. The van der Waals surface area contributed by atoms with Gasteiger partial charge < -0.3 is 15.5 Å². The largest absolute Gasteiger partial charge is 0.338 e. The molecule has 2 heterocycles. The molecule has 3 aliphatic rings. The number of carbonyl (C=O) groups excluding carboxylic acids is 2. The fraction of sp³-hybridized carbons (Fsp3) is 0.556. The number of rotatable bonds is 1. The third-order valence-electron chi connectivity index (χ3n) is 5.87. The maximum Gasteiger partial charge on any atom is 0.253 e. The zero-order chi connectivity index (χ0) is 16.1. The number of amides is 2. The Bertz CT molecular complexity index is 672. The lowest BCUT2D eigenvalue weighted by molar-refractivity contribution is -0.118. The van der Waals surface area contributed by atoms with Crippen molar-refractivity contribution in [2.75, 3.05) is 25.0 Å². The summed E-state index contributed by atoms with van der Waals surface area (Å²) < 4.78 is 0. The van der Waals surface area contributed by atoms with Crippen molar-refractivity contribution >= 4 is 17.5 Å². The summed E-state index contributed by atoms with van der Waals surface area (Å²) in [6, 6.07) is 5.97. The molecule has 5 heteroatoms. The molecule has 1 aromatic carbocycles. The van der Waals surface area contributed by atoms with Gasteiger partial charge in [-0.25, -0.2) is 0 Å². The molecule has 1 aliphatic carbocycles. The third-order valence-corrected chi connectivity index (χ3v) is 5.87. The summed E-state index contributed by atoms with van der Waals surface area (Å²) in [5, 5.41) is 0. The van der Waals surface area contributed by atoms with E-state index in [-0.39, 0.29) is 17.9 Å². The van der Waals surface area contributed by atoms with Gasteiger partial charge in [-0.3, -0.25) is 9.59 Å². The molecule has 1 saturated heterocycles. The van der Waals surface area contributed by atoms with Gasteiger partial charge in [-0.15, -0.1) is 0 Å². The smallest absolute Gasteiger partial charge is 0.253 e. The van der Waals surface area contributed by atoms with Crippen LogP contribution in [0.4, 0.5) is 5.69 Å². The minimum absolute atomic E-state index is 0.106. The van der Waals surface area contributed by atoms with Crippen LogP contribution in [0.3, 0.4) is 0 Å². The molecule has 122 valence electrons. The predicted molar refractivity (Wildman–Crippen MR) is 88.3 cm³/mol. The summed E-state index contributed by atoms with van der Waals surface area (Å²) in [5.41, 5.74) is 8.92. The van der Waals surface area contributed by atoms with Crippen LogP contribution in [-0.2, 0) is 11.2 Å². The van der Waals surface area contributed by atoms with Crippen molar-refractivity contribution in [2.24, 2.45) is 17.6 Å². The Labute approximate surface area is 136 Å². The zero-order valence-corrected chi connectivity index (χ0v) is 13.5. The summed E-state index contributed by atoms with van der Waals surface area (Å²) in [6.45, 7) is 1.63. The lowest BCUT2D eigenvalue weighted by atomic mass is 9.98. The summed E-state index contributed by atoms with van der Waals surface area (Å²) >= 11 is 0. The molecule has 1 aromatic rings. The molecule has 0 radical (unpaired) electrons. The van der Waals surface area contributed by atoms with E-state index in [9.17, 15) is 9.59 Å². The maximum atomic E-state index is 12.8. The van der Waals surface area contributed by atoms with Gasteiger partial charge in [-0.2, -0.15) is 0 Å². The highest BCUT2D eigenvalue weighted by Gasteiger charge is 2.42. The van der Waals surface area contributed by atoms with Crippen molar-refractivity contribution in [3.05, 3.63) is 29.3 Å². The topological polar surface area (TPSA) is 66.6 Å². The molecule has 1 saturated carbocycles. The average Bonchev–Trinajstić information content (AvgIpc) is 3.12. The van der Waals surface area contributed by atoms with Crippen LogP contribution in [-0.4, -0.2) is 42.9 Å². The van der Waals surface area contributed by atoms with Gasteiger partial charge in [0.15, 0.2) is 0 Å². The van der Waals surface area contributed by atoms with E-state index >= 15 is 0 Å². The second kappa shape index (κ2) is 5.34. The molecular weight excluding hydrogens is 290 g/mol. The van der Waals surface area contributed by atoms with Crippen molar-refractivity contribution < 1.29 is 9.59 Å². The van der Waals surface area contributed by atoms with Gasteiger partial charge in [0.25, 0.3) is 5.91 Å². The van der Waals surface area contributed by atoms with Crippen molar-refractivity contribution in [1.29, 1.82) is 0 Å². The Kier molecular flexibility index (Phi) is 3.41. The van der Waals surface area contributed by atoms with Gasteiger partial charge in [0.05, 0.1) is 0 Å². The molecule has 4 rings (SSSR count). The highest BCUT2D eigenvalue weighted by Crippen LogP contribution is 2.38.